The van der Waals surface area contributed by atoms with Crippen molar-refractivity contribution < 1.29 is 0 Å². The summed E-state index contributed by atoms with van der Waals surface area (Å²) in [6, 6.07) is 2.25. The van der Waals surface area contributed by atoms with Gasteiger partial charge in [-0.2, -0.15) is 0 Å². The molecule has 0 saturated carbocycles. The highest BCUT2D eigenvalue weighted by Crippen LogP contribution is 2.29. The summed E-state index contributed by atoms with van der Waals surface area (Å²) in [5.74, 6) is 1.17. The molecule has 0 aromatic carbocycles. The molecule has 0 aliphatic heterocycles. The van der Waals surface area contributed by atoms with E-state index in [1.54, 1.807) is 0 Å². The lowest BCUT2D eigenvalue weighted by molar-refractivity contribution is 0.756. The molecule has 0 N–H and O–H groups in total. The minimum Gasteiger partial charge on any atom is -0.258 e. The number of hydrogen-bond acceptors (Lipinski definition) is 1. The van der Waals surface area contributed by atoms with Gasteiger partial charge in [-0.05, 0) is 42.4 Å². The Morgan fingerprint density at radius 1 is 1.13 bits per heavy atom. The van der Waals surface area contributed by atoms with Crippen molar-refractivity contribution in [3.63, 3.8) is 0 Å². The molecule has 0 radical (unpaired) electrons. The van der Waals surface area contributed by atoms with E-state index in [1.165, 1.54) is 16.8 Å². The normalized spacial score (nSPS) is 11.5. The zero-order chi connectivity index (χ0) is 11.6. The van der Waals surface area contributed by atoms with Crippen LogP contribution in [0.3, 0.4) is 0 Å². The Balaban J connectivity index is 3.40. The highest BCUT2D eigenvalue weighted by molar-refractivity contribution is 5.37. The van der Waals surface area contributed by atoms with Gasteiger partial charge in [0.05, 0.1) is 0 Å². The molecular weight excluding hydrogens is 182 g/mol. The van der Waals surface area contributed by atoms with Crippen LogP contribution in [0.25, 0.3) is 0 Å². The fraction of sp³-hybridized carbons (Fsp3) is 0.643. The van der Waals surface area contributed by atoms with Gasteiger partial charge >= 0.3 is 0 Å². The molecule has 15 heavy (non-hydrogen) atoms. The fourth-order valence-corrected chi connectivity index (χ4v) is 2.19. The van der Waals surface area contributed by atoms with Crippen LogP contribution < -0.4 is 0 Å². The molecule has 0 aliphatic carbocycles. The summed E-state index contributed by atoms with van der Waals surface area (Å²) in [5.41, 5.74) is 5.39. The maximum Gasteiger partial charge on any atom is 0.0441 e. The first-order valence-electron chi connectivity index (χ1n) is 5.97. The monoisotopic (exact) mass is 205 g/mol. The standard InChI is InChI=1S/C14H23N/c1-7-13-14(10(4)5)12(9(2)3)8-11(6)15-13/h8-10H,7H2,1-6H3. The Hall–Kier alpha value is -0.850. The third-order valence-corrected chi connectivity index (χ3v) is 2.83. The molecule has 0 aliphatic rings. The van der Waals surface area contributed by atoms with Crippen LogP contribution in [0.5, 0.6) is 0 Å². The van der Waals surface area contributed by atoms with Crippen LogP contribution in [0.4, 0.5) is 0 Å². The molecule has 0 amide bonds. The summed E-state index contributed by atoms with van der Waals surface area (Å²) in [4.78, 5) is 4.66. The Morgan fingerprint density at radius 2 is 1.73 bits per heavy atom. The average molecular weight is 205 g/mol. The fourth-order valence-electron chi connectivity index (χ4n) is 2.19. The molecule has 1 aromatic heterocycles. The van der Waals surface area contributed by atoms with Crippen LogP contribution in [0, 0.1) is 6.92 Å². The highest BCUT2D eigenvalue weighted by atomic mass is 14.7. The van der Waals surface area contributed by atoms with Crippen molar-refractivity contribution in [1.82, 2.24) is 4.98 Å². The lowest BCUT2D eigenvalue weighted by atomic mass is 9.88. The van der Waals surface area contributed by atoms with Crippen molar-refractivity contribution >= 4 is 0 Å². The minimum atomic E-state index is 0.574. The lowest BCUT2D eigenvalue weighted by Gasteiger charge is -2.19. The van der Waals surface area contributed by atoms with E-state index in [-0.39, 0.29) is 0 Å². The average Bonchev–Trinajstić information content (AvgIpc) is 2.15. The smallest absolute Gasteiger partial charge is 0.0441 e. The van der Waals surface area contributed by atoms with Crippen LogP contribution in [0.15, 0.2) is 6.07 Å². The first-order chi connectivity index (χ1) is 6.97. The summed E-state index contributed by atoms with van der Waals surface area (Å²) in [7, 11) is 0. The summed E-state index contributed by atoms with van der Waals surface area (Å²) in [5, 5.41) is 0. The topological polar surface area (TPSA) is 12.9 Å². The van der Waals surface area contributed by atoms with Crippen LogP contribution in [-0.2, 0) is 6.42 Å². The van der Waals surface area contributed by atoms with Gasteiger partial charge in [-0.25, -0.2) is 0 Å². The Kier molecular flexibility index (Phi) is 3.90. The van der Waals surface area contributed by atoms with E-state index in [4.69, 9.17) is 0 Å². The van der Waals surface area contributed by atoms with Gasteiger partial charge in [0.25, 0.3) is 0 Å². The van der Waals surface area contributed by atoms with E-state index in [2.05, 4.69) is 52.6 Å². The van der Waals surface area contributed by atoms with Crippen molar-refractivity contribution in [1.29, 1.82) is 0 Å². The molecule has 0 saturated heterocycles. The Labute approximate surface area is 93.9 Å². The van der Waals surface area contributed by atoms with Crippen LogP contribution in [0.2, 0.25) is 0 Å². The van der Waals surface area contributed by atoms with E-state index in [0.717, 1.165) is 12.1 Å². The van der Waals surface area contributed by atoms with Crippen LogP contribution >= 0.6 is 0 Å². The van der Waals surface area contributed by atoms with Crippen molar-refractivity contribution in [3.8, 4) is 0 Å². The number of rotatable bonds is 3. The second-order valence-electron chi connectivity index (χ2n) is 4.88. The predicted molar refractivity (Wildman–Crippen MR) is 66.5 cm³/mol. The van der Waals surface area contributed by atoms with Gasteiger partial charge in [0.15, 0.2) is 0 Å². The first kappa shape index (κ1) is 12.2. The van der Waals surface area contributed by atoms with Gasteiger partial charge in [0.2, 0.25) is 0 Å². The van der Waals surface area contributed by atoms with E-state index >= 15 is 0 Å². The van der Waals surface area contributed by atoms with Crippen molar-refractivity contribution in [2.24, 2.45) is 0 Å². The maximum atomic E-state index is 4.66. The predicted octanol–water partition coefficient (Wildman–Crippen LogP) is 4.20. The zero-order valence-electron chi connectivity index (χ0n) is 10.9. The summed E-state index contributed by atoms with van der Waals surface area (Å²) in [6.07, 6.45) is 1.04. The third kappa shape index (κ3) is 2.58. The number of hydrogen-bond donors (Lipinski definition) is 0. The molecule has 0 atom stereocenters. The molecule has 1 rings (SSSR count). The molecule has 84 valence electrons. The van der Waals surface area contributed by atoms with Crippen LogP contribution in [-0.4, -0.2) is 4.98 Å². The summed E-state index contributed by atoms with van der Waals surface area (Å²) >= 11 is 0. The Bertz CT molecular complexity index is 337. The molecule has 1 heterocycles. The van der Waals surface area contributed by atoms with E-state index < -0.39 is 0 Å². The third-order valence-electron chi connectivity index (χ3n) is 2.83. The number of aromatic nitrogens is 1. The van der Waals surface area contributed by atoms with E-state index in [9.17, 15) is 0 Å². The summed E-state index contributed by atoms with van der Waals surface area (Å²) < 4.78 is 0. The van der Waals surface area contributed by atoms with Gasteiger partial charge in [0, 0.05) is 11.4 Å². The molecule has 0 fully saturated rings. The van der Waals surface area contributed by atoms with Gasteiger partial charge in [-0.15, -0.1) is 0 Å². The van der Waals surface area contributed by atoms with Gasteiger partial charge in [0.1, 0.15) is 0 Å². The van der Waals surface area contributed by atoms with Gasteiger partial charge < -0.3 is 0 Å². The second kappa shape index (κ2) is 4.78. The number of nitrogens with zero attached hydrogens (tertiary/aromatic N) is 1. The number of pyridine rings is 1. The van der Waals surface area contributed by atoms with E-state index in [0.29, 0.717) is 11.8 Å². The maximum absolute atomic E-state index is 4.66. The van der Waals surface area contributed by atoms with Crippen molar-refractivity contribution in [3.05, 3.63) is 28.6 Å². The largest absolute Gasteiger partial charge is 0.258 e. The molecule has 0 unspecified atom stereocenters. The molecular formula is C14H23N. The van der Waals surface area contributed by atoms with Crippen LogP contribution in [0.1, 0.15) is 69.0 Å². The molecule has 1 aromatic rings. The minimum absolute atomic E-state index is 0.574. The van der Waals surface area contributed by atoms with Gasteiger partial charge in [-0.3, -0.25) is 4.98 Å². The summed E-state index contributed by atoms with van der Waals surface area (Å²) in [6.45, 7) is 13.3. The molecule has 1 heteroatoms. The quantitative estimate of drug-likeness (QED) is 0.720. The highest BCUT2D eigenvalue weighted by Gasteiger charge is 2.15. The van der Waals surface area contributed by atoms with Gasteiger partial charge in [-0.1, -0.05) is 34.6 Å². The second-order valence-corrected chi connectivity index (χ2v) is 4.88. The Morgan fingerprint density at radius 3 is 2.13 bits per heavy atom. The first-order valence-corrected chi connectivity index (χ1v) is 5.97. The van der Waals surface area contributed by atoms with Crippen molar-refractivity contribution in [2.75, 3.05) is 0 Å². The lowest BCUT2D eigenvalue weighted by Crippen LogP contribution is -2.07. The SMILES string of the molecule is CCc1nc(C)cc(C(C)C)c1C(C)C. The zero-order valence-corrected chi connectivity index (χ0v) is 10.9. The molecule has 0 bridgehead atoms. The van der Waals surface area contributed by atoms with Crippen molar-refractivity contribution in [2.45, 2.75) is 59.8 Å². The molecule has 0 spiro atoms. The number of aryl methyl sites for hydroxylation is 2. The van der Waals surface area contributed by atoms with E-state index in [1.807, 2.05) is 0 Å². The molecule has 1 nitrogen and oxygen atoms in total.